The normalized spacial score (nSPS) is 26.2. The molecule has 100 valence electrons. The van der Waals surface area contributed by atoms with Crippen molar-refractivity contribution in [1.82, 2.24) is 4.90 Å². The molecule has 0 bridgehead atoms. The molecule has 0 aromatic rings. The fraction of sp³-hybridized carbons (Fsp3) is 0.933. The van der Waals surface area contributed by atoms with Gasteiger partial charge in [0.2, 0.25) is 0 Å². The Balaban J connectivity index is 2.84. The van der Waals surface area contributed by atoms with Crippen molar-refractivity contribution in [3.63, 3.8) is 0 Å². The van der Waals surface area contributed by atoms with Crippen molar-refractivity contribution in [3.05, 3.63) is 0 Å². The standard InChI is InChI=1S/C15H29NO/c1-6-15(7-2,16(4)5)14(17)13-10-8-9-12(3)11-13/h12-13H,6-11H2,1-5H3. The fourth-order valence-electron chi connectivity index (χ4n) is 3.50. The van der Waals surface area contributed by atoms with E-state index in [1.54, 1.807) is 0 Å². The predicted molar refractivity (Wildman–Crippen MR) is 73.1 cm³/mol. The molecule has 2 nitrogen and oxygen atoms in total. The van der Waals surface area contributed by atoms with Gasteiger partial charge >= 0.3 is 0 Å². The highest BCUT2D eigenvalue weighted by Gasteiger charge is 2.41. The van der Waals surface area contributed by atoms with Gasteiger partial charge in [-0.25, -0.2) is 0 Å². The quantitative estimate of drug-likeness (QED) is 0.732. The van der Waals surface area contributed by atoms with E-state index in [1.165, 1.54) is 12.8 Å². The van der Waals surface area contributed by atoms with Crippen molar-refractivity contribution >= 4 is 5.78 Å². The van der Waals surface area contributed by atoms with E-state index in [2.05, 4.69) is 39.8 Å². The lowest BCUT2D eigenvalue weighted by Gasteiger charge is -2.41. The van der Waals surface area contributed by atoms with Gasteiger partial charge in [-0.05, 0) is 45.7 Å². The van der Waals surface area contributed by atoms with Gasteiger partial charge in [-0.1, -0.05) is 33.6 Å². The summed E-state index contributed by atoms with van der Waals surface area (Å²) >= 11 is 0. The average Bonchev–Trinajstić information content (AvgIpc) is 2.30. The molecule has 1 fully saturated rings. The Kier molecular flexibility index (Phi) is 5.18. The molecule has 2 atom stereocenters. The molecule has 0 aliphatic heterocycles. The second-order valence-electron chi connectivity index (χ2n) is 5.97. The van der Waals surface area contributed by atoms with Crippen molar-refractivity contribution < 1.29 is 4.79 Å². The molecule has 1 aliphatic rings. The molecular formula is C15H29NO. The highest BCUT2D eigenvalue weighted by atomic mass is 16.1. The van der Waals surface area contributed by atoms with Crippen LogP contribution in [-0.4, -0.2) is 30.3 Å². The van der Waals surface area contributed by atoms with Crippen molar-refractivity contribution in [2.75, 3.05) is 14.1 Å². The lowest BCUT2D eigenvalue weighted by atomic mass is 9.72. The van der Waals surface area contributed by atoms with Gasteiger partial charge in [0.05, 0.1) is 5.54 Å². The molecule has 0 amide bonds. The third kappa shape index (κ3) is 2.90. The van der Waals surface area contributed by atoms with Gasteiger partial charge < -0.3 is 0 Å². The van der Waals surface area contributed by atoms with Gasteiger partial charge in [-0.3, -0.25) is 9.69 Å². The largest absolute Gasteiger partial charge is 0.297 e. The fourth-order valence-corrected chi connectivity index (χ4v) is 3.50. The first-order valence-corrected chi connectivity index (χ1v) is 7.19. The Hall–Kier alpha value is -0.370. The number of hydrogen-bond donors (Lipinski definition) is 0. The maximum absolute atomic E-state index is 12.8. The summed E-state index contributed by atoms with van der Waals surface area (Å²) in [7, 11) is 4.11. The van der Waals surface area contributed by atoms with Gasteiger partial charge in [0, 0.05) is 5.92 Å². The van der Waals surface area contributed by atoms with Crippen LogP contribution in [0.1, 0.15) is 59.3 Å². The molecule has 0 heterocycles. The van der Waals surface area contributed by atoms with E-state index in [4.69, 9.17) is 0 Å². The van der Waals surface area contributed by atoms with Crippen LogP contribution in [0.2, 0.25) is 0 Å². The molecule has 0 radical (unpaired) electrons. The molecule has 0 aromatic carbocycles. The summed E-state index contributed by atoms with van der Waals surface area (Å²) in [5, 5.41) is 0. The maximum atomic E-state index is 12.8. The van der Waals surface area contributed by atoms with Gasteiger partial charge in [-0.15, -0.1) is 0 Å². The number of nitrogens with zero attached hydrogens (tertiary/aromatic N) is 1. The minimum atomic E-state index is -0.221. The van der Waals surface area contributed by atoms with E-state index < -0.39 is 0 Å². The van der Waals surface area contributed by atoms with Crippen LogP contribution >= 0.6 is 0 Å². The van der Waals surface area contributed by atoms with E-state index in [-0.39, 0.29) is 5.54 Å². The molecule has 0 N–H and O–H groups in total. The Bertz CT molecular complexity index is 256. The molecule has 1 rings (SSSR count). The minimum absolute atomic E-state index is 0.221. The summed E-state index contributed by atoms with van der Waals surface area (Å²) in [6.07, 6.45) is 6.61. The van der Waals surface area contributed by atoms with Crippen LogP contribution in [0.4, 0.5) is 0 Å². The first-order chi connectivity index (χ1) is 7.97. The molecule has 0 saturated heterocycles. The maximum Gasteiger partial charge on any atom is 0.156 e. The van der Waals surface area contributed by atoms with E-state index in [0.29, 0.717) is 11.7 Å². The van der Waals surface area contributed by atoms with Crippen molar-refractivity contribution in [3.8, 4) is 0 Å². The van der Waals surface area contributed by atoms with Gasteiger partial charge in [0.25, 0.3) is 0 Å². The Labute approximate surface area is 107 Å². The average molecular weight is 239 g/mol. The molecular weight excluding hydrogens is 210 g/mol. The van der Waals surface area contributed by atoms with E-state index in [1.807, 2.05) is 0 Å². The number of likely N-dealkylation sites (N-methyl/N-ethyl adjacent to an activating group) is 1. The first kappa shape index (κ1) is 14.7. The van der Waals surface area contributed by atoms with E-state index in [9.17, 15) is 4.79 Å². The Morgan fingerprint density at radius 2 is 1.82 bits per heavy atom. The van der Waals surface area contributed by atoms with Crippen LogP contribution in [0.5, 0.6) is 0 Å². The molecule has 0 spiro atoms. The summed E-state index contributed by atoms with van der Waals surface area (Å²) < 4.78 is 0. The smallest absolute Gasteiger partial charge is 0.156 e. The zero-order valence-corrected chi connectivity index (χ0v) is 12.3. The van der Waals surface area contributed by atoms with Crippen LogP contribution in [-0.2, 0) is 4.79 Å². The first-order valence-electron chi connectivity index (χ1n) is 7.19. The molecule has 2 unspecified atom stereocenters. The van der Waals surface area contributed by atoms with E-state index >= 15 is 0 Å². The molecule has 1 saturated carbocycles. The molecule has 0 aromatic heterocycles. The zero-order valence-electron chi connectivity index (χ0n) is 12.3. The number of rotatable bonds is 5. The highest BCUT2D eigenvalue weighted by Crippen LogP contribution is 2.35. The predicted octanol–water partition coefficient (Wildman–Crippen LogP) is 3.50. The van der Waals surface area contributed by atoms with Crippen LogP contribution < -0.4 is 0 Å². The van der Waals surface area contributed by atoms with Crippen molar-refractivity contribution in [2.45, 2.75) is 64.8 Å². The summed E-state index contributed by atoms with van der Waals surface area (Å²) in [6, 6.07) is 0. The Morgan fingerprint density at radius 1 is 1.24 bits per heavy atom. The lowest BCUT2D eigenvalue weighted by molar-refractivity contribution is -0.136. The van der Waals surface area contributed by atoms with Gasteiger partial charge in [0.1, 0.15) is 0 Å². The molecule has 2 heteroatoms. The summed E-state index contributed by atoms with van der Waals surface area (Å²) in [4.78, 5) is 15.0. The second-order valence-corrected chi connectivity index (χ2v) is 5.97. The van der Waals surface area contributed by atoms with Gasteiger partial charge in [-0.2, -0.15) is 0 Å². The van der Waals surface area contributed by atoms with Crippen LogP contribution in [0.15, 0.2) is 0 Å². The number of carbonyl (C=O) groups excluding carboxylic acids is 1. The third-order valence-corrected chi connectivity index (χ3v) is 4.79. The highest BCUT2D eigenvalue weighted by molar-refractivity contribution is 5.90. The number of hydrogen-bond acceptors (Lipinski definition) is 2. The zero-order chi connectivity index (χ0) is 13.1. The molecule has 17 heavy (non-hydrogen) atoms. The minimum Gasteiger partial charge on any atom is -0.297 e. The van der Waals surface area contributed by atoms with Crippen molar-refractivity contribution in [2.24, 2.45) is 11.8 Å². The number of carbonyl (C=O) groups is 1. The summed E-state index contributed by atoms with van der Waals surface area (Å²) in [6.45, 7) is 6.58. The van der Waals surface area contributed by atoms with Crippen LogP contribution in [0.3, 0.4) is 0 Å². The molecule has 1 aliphatic carbocycles. The lowest BCUT2D eigenvalue weighted by Crippen LogP contribution is -2.53. The summed E-state index contributed by atoms with van der Waals surface area (Å²) in [5.74, 6) is 1.53. The third-order valence-electron chi connectivity index (χ3n) is 4.79. The topological polar surface area (TPSA) is 20.3 Å². The Morgan fingerprint density at radius 3 is 2.24 bits per heavy atom. The van der Waals surface area contributed by atoms with E-state index in [0.717, 1.165) is 31.6 Å². The van der Waals surface area contributed by atoms with Crippen LogP contribution in [0, 0.1) is 11.8 Å². The van der Waals surface area contributed by atoms with Gasteiger partial charge in [0.15, 0.2) is 5.78 Å². The monoisotopic (exact) mass is 239 g/mol. The second kappa shape index (κ2) is 5.99. The summed E-state index contributed by atoms with van der Waals surface area (Å²) in [5.41, 5.74) is -0.221. The van der Waals surface area contributed by atoms with Crippen molar-refractivity contribution in [1.29, 1.82) is 0 Å². The SMILES string of the molecule is CCC(CC)(C(=O)C1CCCC(C)C1)N(C)C. The van der Waals surface area contributed by atoms with Crippen LogP contribution in [0.25, 0.3) is 0 Å². The number of Topliss-reactive ketones (excluding diaryl/α,β-unsaturated/α-hetero) is 1. The number of ketones is 1.